The Morgan fingerprint density at radius 3 is 1.47 bits per heavy atom. The lowest BCUT2D eigenvalue weighted by atomic mass is 9.92. The van der Waals surface area contributed by atoms with Crippen molar-refractivity contribution in [2.45, 2.75) is 51.3 Å². The van der Waals surface area contributed by atoms with Crippen molar-refractivity contribution in [3.05, 3.63) is 179 Å². The molecule has 3 heteroatoms. The van der Waals surface area contributed by atoms with Gasteiger partial charge in [-0.3, -0.25) is 0 Å². The fraction of sp³-hybridized carbons (Fsp3) is 0.120. The van der Waals surface area contributed by atoms with E-state index in [0.29, 0.717) is 0 Å². The highest BCUT2D eigenvalue weighted by atomic mass is 32.2. The first-order chi connectivity index (χ1) is 25.7. The lowest BCUT2D eigenvalue weighted by molar-refractivity contribution is 1.19. The van der Waals surface area contributed by atoms with Gasteiger partial charge in [0.2, 0.25) is 0 Å². The second-order valence-corrected chi connectivity index (χ2v) is 15.7. The Morgan fingerprint density at radius 1 is 0.377 bits per heavy atom. The molecule has 1 aliphatic rings. The molecule has 0 aliphatic carbocycles. The molecule has 0 bridgehead atoms. The predicted octanol–water partition coefficient (Wildman–Crippen LogP) is 14.9. The number of hydrogen-bond acceptors (Lipinski definition) is 3. The summed E-state index contributed by atoms with van der Waals surface area (Å²) in [5, 5.41) is 5.15. The molecule has 8 aromatic carbocycles. The summed E-state index contributed by atoms with van der Waals surface area (Å²) in [4.78, 5) is 7.44. The van der Waals surface area contributed by atoms with Crippen LogP contribution in [0.4, 0.5) is 34.1 Å². The number of aryl methyl sites for hydroxylation is 6. The molecular weight excluding hydrogens is 661 g/mol. The van der Waals surface area contributed by atoms with Crippen molar-refractivity contribution in [2.24, 2.45) is 0 Å². The molecule has 2 nitrogen and oxygen atoms in total. The molecule has 1 aliphatic heterocycles. The molecule has 8 aromatic rings. The minimum atomic E-state index is 1.16. The fourth-order valence-electron chi connectivity index (χ4n) is 8.70. The third-order valence-corrected chi connectivity index (χ3v) is 11.8. The quantitative estimate of drug-likeness (QED) is 0.159. The minimum Gasteiger partial charge on any atom is -0.310 e. The second-order valence-electron chi connectivity index (χ2n) is 14.6. The van der Waals surface area contributed by atoms with E-state index in [2.05, 4.69) is 197 Å². The summed E-state index contributed by atoms with van der Waals surface area (Å²) in [6.07, 6.45) is 0. The zero-order valence-electron chi connectivity index (χ0n) is 31.2. The maximum atomic E-state index is 2.43. The predicted molar refractivity (Wildman–Crippen MR) is 229 cm³/mol. The number of fused-ring (bicyclic) bond motifs is 4. The van der Waals surface area contributed by atoms with E-state index >= 15 is 0 Å². The first-order valence-electron chi connectivity index (χ1n) is 18.4. The van der Waals surface area contributed by atoms with Crippen LogP contribution in [0.5, 0.6) is 0 Å². The van der Waals surface area contributed by atoms with Gasteiger partial charge in [-0.25, -0.2) is 0 Å². The monoisotopic (exact) mass is 702 g/mol. The first-order valence-corrected chi connectivity index (χ1v) is 19.2. The van der Waals surface area contributed by atoms with Crippen LogP contribution in [0, 0.1) is 41.5 Å². The minimum absolute atomic E-state index is 1.16. The number of para-hydroxylation sites is 2. The van der Waals surface area contributed by atoms with Crippen LogP contribution < -0.4 is 9.80 Å². The third kappa shape index (κ3) is 5.68. The smallest absolute Gasteiger partial charge is 0.0520 e. The molecule has 0 unspecified atom stereocenters. The number of anilines is 6. The molecule has 258 valence electrons. The lowest BCUT2D eigenvalue weighted by Gasteiger charge is -2.31. The Kier molecular flexibility index (Phi) is 8.13. The van der Waals surface area contributed by atoms with Crippen molar-refractivity contribution in [1.29, 1.82) is 0 Å². The molecule has 0 saturated heterocycles. The topological polar surface area (TPSA) is 6.48 Å². The standard InChI is InChI=1S/C50H42N2S/c1-31-24-33(3)49(34(4)25-31)51(38-14-9-7-10-15-38)40-21-20-37-28-45-42-23-22-41(30-47(42)53-46-19-13-18-43(48(45)46)44(37)29-40)52(39-16-11-8-12-17-39)50-35(5)26-32(2)27-36(50)6/h7-30H,1-6H3. The van der Waals surface area contributed by atoms with Crippen molar-refractivity contribution < 1.29 is 0 Å². The molecule has 0 N–H and O–H groups in total. The number of benzene rings is 8. The molecule has 0 aromatic heterocycles. The van der Waals surface area contributed by atoms with E-state index in [0.717, 1.165) is 17.1 Å². The van der Waals surface area contributed by atoms with Gasteiger partial charge in [-0.05, 0) is 152 Å². The molecule has 9 rings (SSSR count). The zero-order chi connectivity index (χ0) is 36.4. The van der Waals surface area contributed by atoms with E-state index < -0.39 is 0 Å². The van der Waals surface area contributed by atoms with E-state index in [-0.39, 0.29) is 0 Å². The summed E-state index contributed by atoms with van der Waals surface area (Å²) in [5.74, 6) is 0. The van der Waals surface area contributed by atoms with Crippen molar-refractivity contribution in [1.82, 2.24) is 0 Å². The van der Waals surface area contributed by atoms with Crippen LogP contribution in [-0.2, 0) is 0 Å². The molecular formula is C50H42N2S. The molecule has 53 heavy (non-hydrogen) atoms. The van der Waals surface area contributed by atoms with Crippen molar-refractivity contribution >= 4 is 67.4 Å². The molecule has 0 amide bonds. The van der Waals surface area contributed by atoms with Crippen LogP contribution in [0.15, 0.2) is 155 Å². The molecule has 0 saturated carbocycles. The number of nitrogens with zero attached hydrogens (tertiary/aromatic N) is 2. The van der Waals surface area contributed by atoms with Crippen molar-refractivity contribution in [2.75, 3.05) is 9.80 Å². The highest BCUT2D eigenvalue weighted by Crippen LogP contribution is 2.52. The summed E-state index contributed by atoms with van der Waals surface area (Å²) in [5.41, 5.74) is 17.4. The maximum Gasteiger partial charge on any atom is 0.0520 e. The zero-order valence-corrected chi connectivity index (χ0v) is 32.0. The van der Waals surface area contributed by atoms with Gasteiger partial charge in [-0.1, -0.05) is 108 Å². The largest absolute Gasteiger partial charge is 0.310 e. The second kappa shape index (κ2) is 13.0. The van der Waals surface area contributed by atoms with Crippen LogP contribution in [0.25, 0.3) is 32.7 Å². The number of hydrogen-bond donors (Lipinski definition) is 0. The van der Waals surface area contributed by atoms with E-state index in [1.807, 2.05) is 11.8 Å². The summed E-state index contributed by atoms with van der Waals surface area (Å²) < 4.78 is 0. The van der Waals surface area contributed by atoms with Gasteiger partial charge < -0.3 is 9.80 Å². The first kappa shape index (κ1) is 33.1. The van der Waals surface area contributed by atoms with Crippen molar-refractivity contribution in [3.8, 4) is 11.1 Å². The van der Waals surface area contributed by atoms with Gasteiger partial charge in [0.15, 0.2) is 0 Å². The summed E-state index contributed by atoms with van der Waals surface area (Å²) >= 11 is 1.89. The molecule has 0 radical (unpaired) electrons. The Morgan fingerprint density at radius 2 is 0.906 bits per heavy atom. The van der Waals surface area contributed by atoms with Gasteiger partial charge in [0.25, 0.3) is 0 Å². The van der Waals surface area contributed by atoms with Crippen LogP contribution >= 0.6 is 11.8 Å². The van der Waals surface area contributed by atoms with E-state index in [1.165, 1.54) is 92.9 Å². The third-order valence-electron chi connectivity index (χ3n) is 10.7. The van der Waals surface area contributed by atoms with Gasteiger partial charge in [-0.2, -0.15) is 0 Å². The van der Waals surface area contributed by atoms with Crippen LogP contribution in [0.1, 0.15) is 33.4 Å². The number of rotatable bonds is 6. The average Bonchev–Trinajstić information content (AvgIpc) is 3.15. The van der Waals surface area contributed by atoms with E-state index in [9.17, 15) is 0 Å². The summed E-state index contributed by atoms with van der Waals surface area (Å²) in [6.45, 7) is 13.3. The van der Waals surface area contributed by atoms with E-state index in [1.54, 1.807) is 0 Å². The molecule has 0 atom stereocenters. The van der Waals surface area contributed by atoms with Crippen LogP contribution in [0.3, 0.4) is 0 Å². The average molecular weight is 703 g/mol. The normalized spacial score (nSPS) is 11.9. The molecule has 0 fully saturated rings. The van der Waals surface area contributed by atoms with Gasteiger partial charge in [-0.15, -0.1) is 0 Å². The Labute approximate surface area is 317 Å². The highest BCUT2D eigenvalue weighted by molar-refractivity contribution is 7.99. The van der Waals surface area contributed by atoms with Crippen LogP contribution in [0.2, 0.25) is 0 Å². The SMILES string of the molecule is Cc1cc(C)c(N(c2ccccc2)c2ccc3c(c2)Sc2cccc4c2c-3cc2ccc(N(c3ccccc3)c3c(C)cc(C)cc3C)cc24)c(C)c1. The van der Waals surface area contributed by atoms with Gasteiger partial charge in [0.05, 0.1) is 11.4 Å². The van der Waals surface area contributed by atoms with E-state index in [4.69, 9.17) is 0 Å². The van der Waals surface area contributed by atoms with Gasteiger partial charge in [0.1, 0.15) is 0 Å². The fourth-order valence-corrected chi connectivity index (χ4v) is 9.87. The lowest BCUT2D eigenvalue weighted by Crippen LogP contribution is -2.13. The molecule has 1 heterocycles. The summed E-state index contributed by atoms with van der Waals surface area (Å²) in [6, 6.07) is 54.0. The Bertz CT molecular complexity index is 2670. The van der Waals surface area contributed by atoms with Gasteiger partial charge in [0, 0.05) is 37.9 Å². The highest BCUT2D eigenvalue weighted by Gasteiger charge is 2.25. The molecule has 0 spiro atoms. The van der Waals surface area contributed by atoms with Crippen molar-refractivity contribution in [3.63, 3.8) is 0 Å². The Hall–Kier alpha value is -5.77. The Balaban J connectivity index is 1.21. The van der Waals surface area contributed by atoms with Crippen LogP contribution in [-0.4, -0.2) is 0 Å². The maximum absolute atomic E-state index is 2.43. The summed E-state index contributed by atoms with van der Waals surface area (Å²) in [7, 11) is 0. The van der Waals surface area contributed by atoms with Gasteiger partial charge >= 0.3 is 0 Å².